The fourth-order valence-electron chi connectivity index (χ4n) is 2.21. The largest absolute Gasteiger partial charge is 0.478 e. The molecular formula is C13H10N2O4. The van der Waals surface area contributed by atoms with Gasteiger partial charge in [-0.2, -0.15) is 0 Å². The fourth-order valence-corrected chi connectivity index (χ4v) is 2.21. The van der Waals surface area contributed by atoms with Gasteiger partial charge in [-0.25, -0.2) is 4.79 Å². The van der Waals surface area contributed by atoms with E-state index in [1.165, 1.54) is 18.4 Å². The van der Waals surface area contributed by atoms with E-state index in [9.17, 15) is 9.59 Å². The first-order chi connectivity index (χ1) is 9.16. The van der Waals surface area contributed by atoms with Crippen LogP contribution in [0.4, 0.5) is 5.69 Å². The zero-order valence-corrected chi connectivity index (χ0v) is 9.87. The van der Waals surface area contributed by atoms with Gasteiger partial charge in [-0.15, -0.1) is 0 Å². The molecule has 0 radical (unpaired) electrons. The number of anilines is 1. The van der Waals surface area contributed by atoms with Gasteiger partial charge in [0.1, 0.15) is 6.26 Å². The van der Waals surface area contributed by atoms with E-state index in [1.54, 1.807) is 17.0 Å². The molecule has 0 saturated heterocycles. The summed E-state index contributed by atoms with van der Waals surface area (Å²) in [5, 5.41) is 12.6. The molecule has 0 bridgehead atoms. The first kappa shape index (κ1) is 11.5. The standard InChI is InChI=1S/C13H10N2O4/c16-12(10-4-6-19-14-10)15-5-3-8-7-9(13(17)18)1-2-11(8)15/h1-2,4,6-7H,3,5H2,(H,17,18). The molecule has 1 aromatic carbocycles. The van der Waals surface area contributed by atoms with Crippen molar-refractivity contribution in [3.63, 3.8) is 0 Å². The minimum absolute atomic E-state index is 0.231. The summed E-state index contributed by atoms with van der Waals surface area (Å²) in [6, 6.07) is 6.26. The average Bonchev–Trinajstić information content (AvgIpc) is 3.06. The number of carboxylic acid groups (broad SMARTS) is 1. The molecule has 1 aliphatic rings. The number of fused-ring (bicyclic) bond motifs is 1. The lowest BCUT2D eigenvalue weighted by molar-refractivity contribution is 0.0696. The quantitative estimate of drug-likeness (QED) is 0.884. The van der Waals surface area contributed by atoms with Crippen LogP contribution in [0.2, 0.25) is 0 Å². The first-order valence-electron chi connectivity index (χ1n) is 5.75. The summed E-state index contributed by atoms with van der Waals surface area (Å²) in [4.78, 5) is 24.7. The molecule has 0 saturated carbocycles. The SMILES string of the molecule is O=C(O)c1ccc2c(c1)CCN2C(=O)c1ccon1. The smallest absolute Gasteiger partial charge is 0.335 e. The molecule has 0 unspecified atom stereocenters. The molecule has 0 spiro atoms. The van der Waals surface area contributed by atoms with Crippen LogP contribution in [0.3, 0.4) is 0 Å². The minimum Gasteiger partial charge on any atom is -0.478 e. The highest BCUT2D eigenvalue weighted by molar-refractivity contribution is 6.06. The highest BCUT2D eigenvalue weighted by Crippen LogP contribution is 2.29. The summed E-state index contributed by atoms with van der Waals surface area (Å²) in [5.74, 6) is -1.21. The number of aromatic carboxylic acids is 1. The first-order valence-corrected chi connectivity index (χ1v) is 5.75. The lowest BCUT2D eigenvalue weighted by atomic mass is 10.1. The molecule has 6 nitrogen and oxygen atoms in total. The van der Waals surface area contributed by atoms with Crippen LogP contribution in [0.25, 0.3) is 0 Å². The molecule has 0 aliphatic carbocycles. The normalized spacial score (nSPS) is 13.4. The molecule has 0 atom stereocenters. The van der Waals surface area contributed by atoms with Crippen molar-refractivity contribution in [2.45, 2.75) is 6.42 Å². The van der Waals surface area contributed by atoms with Gasteiger partial charge in [0, 0.05) is 18.3 Å². The number of benzene rings is 1. The predicted molar refractivity (Wildman–Crippen MR) is 65.3 cm³/mol. The molecule has 2 heterocycles. The second-order valence-corrected chi connectivity index (χ2v) is 4.24. The Morgan fingerprint density at radius 1 is 1.32 bits per heavy atom. The molecule has 19 heavy (non-hydrogen) atoms. The Balaban J connectivity index is 1.94. The van der Waals surface area contributed by atoms with E-state index in [1.807, 2.05) is 0 Å². The van der Waals surface area contributed by atoms with Crippen molar-refractivity contribution < 1.29 is 19.2 Å². The van der Waals surface area contributed by atoms with Crippen LogP contribution in [0.1, 0.15) is 26.4 Å². The van der Waals surface area contributed by atoms with Crippen molar-refractivity contribution in [3.8, 4) is 0 Å². The van der Waals surface area contributed by atoms with E-state index in [0.717, 1.165) is 11.3 Å². The van der Waals surface area contributed by atoms with Crippen molar-refractivity contribution in [3.05, 3.63) is 47.3 Å². The second-order valence-electron chi connectivity index (χ2n) is 4.24. The third-order valence-electron chi connectivity index (χ3n) is 3.12. The Bertz CT molecular complexity index is 649. The third kappa shape index (κ3) is 1.87. The predicted octanol–water partition coefficient (Wildman–Crippen LogP) is 1.58. The Labute approximate surface area is 108 Å². The molecule has 2 aromatic rings. The van der Waals surface area contributed by atoms with E-state index in [2.05, 4.69) is 9.68 Å². The van der Waals surface area contributed by atoms with Crippen LogP contribution < -0.4 is 4.90 Å². The lowest BCUT2D eigenvalue weighted by Gasteiger charge is -2.15. The van der Waals surface area contributed by atoms with Gasteiger partial charge < -0.3 is 14.5 Å². The van der Waals surface area contributed by atoms with Crippen molar-refractivity contribution in [2.24, 2.45) is 0 Å². The minimum atomic E-state index is -0.968. The van der Waals surface area contributed by atoms with Crippen LogP contribution in [-0.2, 0) is 6.42 Å². The van der Waals surface area contributed by atoms with Gasteiger partial charge in [0.05, 0.1) is 5.56 Å². The number of carboxylic acids is 1. The Morgan fingerprint density at radius 2 is 2.16 bits per heavy atom. The maximum atomic E-state index is 12.2. The van der Waals surface area contributed by atoms with Gasteiger partial charge in [-0.3, -0.25) is 4.79 Å². The topological polar surface area (TPSA) is 83.6 Å². The second kappa shape index (κ2) is 4.24. The maximum absolute atomic E-state index is 12.2. The summed E-state index contributed by atoms with van der Waals surface area (Å²) >= 11 is 0. The van der Waals surface area contributed by atoms with Crippen molar-refractivity contribution in [2.75, 3.05) is 11.4 Å². The lowest BCUT2D eigenvalue weighted by Crippen LogP contribution is -2.29. The number of hydrogen-bond acceptors (Lipinski definition) is 4. The summed E-state index contributed by atoms with van der Waals surface area (Å²) < 4.78 is 4.66. The van der Waals surface area contributed by atoms with Gasteiger partial charge in [-0.1, -0.05) is 5.16 Å². The number of amides is 1. The number of carbonyl (C=O) groups excluding carboxylic acids is 1. The molecule has 1 amide bonds. The summed E-state index contributed by atoms with van der Waals surface area (Å²) in [6.45, 7) is 0.518. The zero-order valence-electron chi connectivity index (χ0n) is 9.87. The maximum Gasteiger partial charge on any atom is 0.335 e. The number of nitrogens with zero attached hydrogens (tertiary/aromatic N) is 2. The van der Waals surface area contributed by atoms with Crippen molar-refractivity contribution in [1.82, 2.24) is 5.16 Å². The van der Waals surface area contributed by atoms with E-state index in [-0.39, 0.29) is 17.2 Å². The van der Waals surface area contributed by atoms with E-state index < -0.39 is 5.97 Å². The molecule has 1 aromatic heterocycles. The van der Waals surface area contributed by atoms with E-state index >= 15 is 0 Å². The van der Waals surface area contributed by atoms with Crippen LogP contribution in [-0.4, -0.2) is 28.7 Å². The Morgan fingerprint density at radius 3 is 2.84 bits per heavy atom. The van der Waals surface area contributed by atoms with E-state index in [4.69, 9.17) is 5.11 Å². The van der Waals surface area contributed by atoms with Gasteiger partial charge in [-0.05, 0) is 30.2 Å². The van der Waals surface area contributed by atoms with Crippen LogP contribution in [0.5, 0.6) is 0 Å². The van der Waals surface area contributed by atoms with Crippen LogP contribution >= 0.6 is 0 Å². The number of aromatic nitrogens is 1. The van der Waals surface area contributed by atoms with Gasteiger partial charge in [0.2, 0.25) is 0 Å². The monoisotopic (exact) mass is 258 g/mol. The van der Waals surface area contributed by atoms with Gasteiger partial charge in [0.25, 0.3) is 5.91 Å². The zero-order chi connectivity index (χ0) is 13.4. The average molecular weight is 258 g/mol. The Hall–Kier alpha value is -2.63. The van der Waals surface area contributed by atoms with Crippen LogP contribution in [0, 0.1) is 0 Å². The molecule has 96 valence electrons. The number of rotatable bonds is 2. The van der Waals surface area contributed by atoms with Crippen molar-refractivity contribution in [1.29, 1.82) is 0 Å². The highest BCUT2D eigenvalue weighted by Gasteiger charge is 2.27. The highest BCUT2D eigenvalue weighted by atomic mass is 16.5. The van der Waals surface area contributed by atoms with Gasteiger partial charge in [0.15, 0.2) is 5.69 Å². The molecular weight excluding hydrogens is 248 g/mol. The molecule has 3 rings (SSSR count). The van der Waals surface area contributed by atoms with Gasteiger partial charge >= 0.3 is 5.97 Å². The summed E-state index contributed by atoms with van der Waals surface area (Å²) in [7, 11) is 0. The van der Waals surface area contributed by atoms with Crippen molar-refractivity contribution >= 4 is 17.6 Å². The Kier molecular flexibility index (Phi) is 2.56. The third-order valence-corrected chi connectivity index (χ3v) is 3.12. The fraction of sp³-hybridized carbons (Fsp3) is 0.154. The molecule has 1 aliphatic heterocycles. The summed E-state index contributed by atoms with van der Waals surface area (Å²) in [5.41, 5.74) is 2.07. The molecule has 0 fully saturated rings. The van der Waals surface area contributed by atoms with E-state index in [0.29, 0.717) is 13.0 Å². The number of hydrogen-bond donors (Lipinski definition) is 1. The summed E-state index contributed by atoms with van der Waals surface area (Å²) in [6.07, 6.45) is 1.98. The van der Waals surface area contributed by atoms with Crippen LogP contribution in [0.15, 0.2) is 35.1 Å². The molecule has 6 heteroatoms. The molecule has 1 N–H and O–H groups in total. The number of carbonyl (C=O) groups is 2.